The summed E-state index contributed by atoms with van der Waals surface area (Å²) in [5.74, 6) is 0.104. The number of hydrogen-bond acceptors (Lipinski definition) is 5. The van der Waals surface area contributed by atoms with Crippen LogP contribution in [0.1, 0.15) is 57.6 Å². The molecule has 0 aromatic heterocycles. The molecular weight excluding hydrogens is 462 g/mol. The molecule has 2 amide bonds. The fraction of sp³-hybridized carbons (Fsp3) is 0.433. The van der Waals surface area contributed by atoms with Crippen LogP contribution < -0.4 is 10.6 Å². The predicted octanol–water partition coefficient (Wildman–Crippen LogP) is 5.12. The first-order valence-corrected chi connectivity index (χ1v) is 13.2. The maximum absolute atomic E-state index is 12.7. The molecule has 7 heteroatoms. The zero-order valence-corrected chi connectivity index (χ0v) is 22.7. The van der Waals surface area contributed by atoms with E-state index in [2.05, 4.69) is 27.4 Å². The van der Waals surface area contributed by atoms with Crippen LogP contribution in [0.2, 0.25) is 0 Å². The van der Waals surface area contributed by atoms with Gasteiger partial charge in [0.1, 0.15) is 0 Å². The number of carbonyl (C=O) groups is 2. The van der Waals surface area contributed by atoms with Crippen molar-refractivity contribution in [2.45, 2.75) is 58.5 Å². The Morgan fingerprint density at radius 3 is 1.54 bits per heavy atom. The molecule has 2 saturated heterocycles. The first kappa shape index (κ1) is 26.8. The van der Waals surface area contributed by atoms with Gasteiger partial charge in [-0.15, -0.1) is 0 Å². The molecule has 2 aromatic rings. The number of rotatable bonds is 7. The summed E-state index contributed by atoms with van der Waals surface area (Å²) in [6.07, 6.45) is 3.92. The van der Waals surface area contributed by atoms with Crippen LogP contribution in [0.5, 0.6) is 0 Å². The molecule has 2 atom stereocenters. The van der Waals surface area contributed by atoms with E-state index in [1.807, 2.05) is 76.5 Å². The Kier molecular flexibility index (Phi) is 8.56. The van der Waals surface area contributed by atoms with Gasteiger partial charge >= 0.3 is 0 Å². The van der Waals surface area contributed by atoms with Gasteiger partial charge < -0.3 is 10.6 Å². The molecule has 2 N–H and O–H groups in total. The summed E-state index contributed by atoms with van der Waals surface area (Å²) >= 11 is 0. The number of nitrogens with zero attached hydrogens (tertiary/aromatic N) is 3. The molecule has 0 saturated carbocycles. The lowest BCUT2D eigenvalue weighted by atomic mass is 10.00. The molecule has 0 aliphatic carbocycles. The fourth-order valence-electron chi connectivity index (χ4n) is 5.17. The van der Waals surface area contributed by atoms with E-state index >= 15 is 0 Å². The second kappa shape index (κ2) is 11.8. The van der Waals surface area contributed by atoms with Gasteiger partial charge in [0, 0.05) is 22.6 Å². The van der Waals surface area contributed by atoms with E-state index in [9.17, 15) is 9.59 Å². The van der Waals surface area contributed by atoms with Crippen molar-refractivity contribution in [1.29, 1.82) is 0 Å². The summed E-state index contributed by atoms with van der Waals surface area (Å²) in [4.78, 5) is 34.4. The van der Waals surface area contributed by atoms with Crippen LogP contribution >= 0.6 is 0 Å². The summed E-state index contributed by atoms with van der Waals surface area (Å²) in [6, 6.07) is 15.7. The van der Waals surface area contributed by atoms with Gasteiger partial charge in [-0.05, 0) is 109 Å². The number of likely N-dealkylation sites (tertiary alicyclic amines) is 2. The number of benzene rings is 2. The van der Waals surface area contributed by atoms with Gasteiger partial charge in [0.2, 0.25) is 11.8 Å². The highest BCUT2D eigenvalue weighted by atomic mass is 16.2. The van der Waals surface area contributed by atoms with Crippen LogP contribution in [0.25, 0.3) is 11.3 Å². The minimum Gasteiger partial charge on any atom is -0.325 e. The minimum atomic E-state index is -0.0588. The van der Waals surface area contributed by atoms with Crippen molar-refractivity contribution in [3.05, 3.63) is 59.7 Å². The van der Waals surface area contributed by atoms with Crippen LogP contribution in [0.15, 0.2) is 53.5 Å². The second-order valence-corrected chi connectivity index (χ2v) is 10.4. The average Bonchev–Trinajstić information content (AvgIpc) is 3.51. The van der Waals surface area contributed by atoms with E-state index in [4.69, 9.17) is 4.99 Å². The molecule has 2 aromatic carbocycles. The summed E-state index contributed by atoms with van der Waals surface area (Å²) in [5, 5.41) is 6.11. The maximum Gasteiger partial charge on any atom is 0.241 e. The monoisotopic (exact) mass is 501 g/mol. The highest BCUT2D eigenvalue weighted by Gasteiger charge is 2.28. The molecule has 196 valence electrons. The van der Waals surface area contributed by atoms with Crippen molar-refractivity contribution in [3.8, 4) is 0 Å². The first-order valence-electron chi connectivity index (χ1n) is 13.2. The van der Waals surface area contributed by atoms with Gasteiger partial charge in [0.05, 0.1) is 17.8 Å². The molecule has 37 heavy (non-hydrogen) atoms. The molecule has 2 fully saturated rings. The lowest BCUT2D eigenvalue weighted by molar-refractivity contribution is -0.120. The van der Waals surface area contributed by atoms with Crippen molar-refractivity contribution < 1.29 is 9.59 Å². The van der Waals surface area contributed by atoms with Gasteiger partial charge in [-0.1, -0.05) is 24.3 Å². The Morgan fingerprint density at radius 1 is 0.730 bits per heavy atom. The van der Waals surface area contributed by atoms with Crippen molar-refractivity contribution in [2.75, 3.05) is 37.8 Å². The average molecular weight is 502 g/mol. The number of anilines is 2. The Morgan fingerprint density at radius 2 is 1.16 bits per heavy atom. The van der Waals surface area contributed by atoms with Crippen LogP contribution in [-0.2, 0) is 9.59 Å². The summed E-state index contributed by atoms with van der Waals surface area (Å²) in [5.41, 5.74) is 6.49. The van der Waals surface area contributed by atoms with Gasteiger partial charge in [-0.3, -0.25) is 24.4 Å². The molecule has 4 rings (SSSR count). The summed E-state index contributed by atoms with van der Waals surface area (Å²) in [6.45, 7) is 7.96. The number of carbonyl (C=O) groups excluding carboxylic acids is 2. The predicted molar refractivity (Wildman–Crippen MR) is 153 cm³/mol. The van der Waals surface area contributed by atoms with E-state index < -0.39 is 0 Å². The molecule has 0 radical (unpaired) electrons. The zero-order chi connectivity index (χ0) is 26.5. The third kappa shape index (κ3) is 6.53. The molecule has 0 bridgehead atoms. The van der Waals surface area contributed by atoms with E-state index in [1.165, 1.54) is 0 Å². The summed E-state index contributed by atoms with van der Waals surface area (Å²) < 4.78 is 0. The molecular formula is C30H39N5O2. The molecule has 0 unspecified atom stereocenters. The quantitative estimate of drug-likeness (QED) is 0.408. The van der Waals surface area contributed by atoms with Gasteiger partial charge in [-0.25, -0.2) is 0 Å². The number of likely N-dealkylation sites (N-methyl/N-ethyl adjacent to an activating group) is 2. The van der Waals surface area contributed by atoms with Gasteiger partial charge in [0.25, 0.3) is 0 Å². The van der Waals surface area contributed by atoms with E-state index in [0.29, 0.717) is 0 Å². The normalized spacial score (nSPS) is 20.9. The Balaban J connectivity index is 1.50. The lowest BCUT2D eigenvalue weighted by Gasteiger charge is -2.19. The zero-order valence-electron chi connectivity index (χ0n) is 22.7. The number of nitrogens with one attached hydrogen (secondary N) is 2. The number of allylic oxidation sites excluding steroid dienone is 1. The largest absolute Gasteiger partial charge is 0.325 e. The lowest BCUT2D eigenvalue weighted by Crippen LogP contribution is -2.37. The van der Waals surface area contributed by atoms with Gasteiger partial charge in [0.15, 0.2) is 0 Å². The van der Waals surface area contributed by atoms with E-state index in [1.54, 1.807) is 0 Å². The van der Waals surface area contributed by atoms with Crippen molar-refractivity contribution >= 4 is 40.2 Å². The number of hydrogen-bond donors (Lipinski definition) is 2. The summed E-state index contributed by atoms with van der Waals surface area (Å²) in [7, 11) is 4.00. The standard InChI is InChI=1S/C30H39N5O2/c1-20(2)31-28(23-12-16-25(17-13-23)33-30(37)27-9-7-19-35(27)5)21(3)22-10-14-24(15-11-22)32-29(36)26-8-6-18-34(26)4/h10-17,26-27H,6-9,18-19H2,1-5H3,(H,32,36)(H,33,37)/b28-21+/t26-,27-/m0/s1. The molecule has 2 aliphatic heterocycles. The third-order valence-corrected chi connectivity index (χ3v) is 7.35. The Hall–Kier alpha value is -3.29. The number of aliphatic imine (C=N–C) groups is 1. The van der Waals surface area contributed by atoms with E-state index in [-0.39, 0.29) is 23.9 Å². The van der Waals surface area contributed by atoms with Crippen LogP contribution in [0.4, 0.5) is 11.4 Å². The van der Waals surface area contributed by atoms with Crippen LogP contribution in [-0.4, -0.2) is 66.6 Å². The van der Waals surface area contributed by atoms with Crippen LogP contribution in [0.3, 0.4) is 0 Å². The van der Waals surface area contributed by atoms with Crippen molar-refractivity contribution in [1.82, 2.24) is 9.80 Å². The molecule has 2 heterocycles. The molecule has 0 spiro atoms. The van der Waals surface area contributed by atoms with Crippen LogP contribution in [0, 0.1) is 0 Å². The molecule has 2 aliphatic rings. The second-order valence-electron chi connectivity index (χ2n) is 10.4. The highest BCUT2D eigenvalue weighted by molar-refractivity contribution is 5.98. The fourth-order valence-corrected chi connectivity index (χ4v) is 5.17. The van der Waals surface area contributed by atoms with Gasteiger partial charge in [-0.2, -0.15) is 0 Å². The third-order valence-electron chi connectivity index (χ3n) is 7.35. The van der Waals surface area contributed by atoms with Crippen molar-refractivity contribution in [2.24, 2.45) is 4.99 Å². The molecule has 7 nitrogen and oxygen atoms in total. The minimum absolute atomic E-state index is 0.0499. The van der Waals surface area contributed by atoms with Crippen molar-refractivity contribution in [3.63, 3.8) is 0 Å². The Labute approximate surface area is 220 Å². The Bertz CT molecular complexity index is 1180. The SMILES string of the molecule is CC(C)=N/C(=C(\C)c1ccc(NC(=O)[C@@H]2CCCN2C)cc1)c1ccc(NC(=O)[C@@H]2CCCN2C)cc1. The smallest absolute Gasteiger partial charge is 0.241 e. The number of amides is 2. The van der Waals surface area contributed by atoms with E-state index in [0.717, 1.165) is 78.3 Å². The highest BCUT2D eigenvalue weighted by Crippen LogP contribution is 2.30. The topological polar surface area (TPSA) is 77.0 Å². The first-order chi connectivity index (χ1) is 17.7. The maximum atomic E-state index is 12.7.